The second kappa shape index (κ2) is 7.91. The van der Waals surface area contributed by atoms with Crippen molar-refractivity contribution < 1.29 is 9.53 Å². The van der Waals surface area contributed by atoms with Crippen molar-refractivity contribution in [2.45, 2.75) is 47.2 Å². The lowest BCUT2D eigenvalue weighted by atomic mass is 10.0. The Kier molecular flexibility index (Phi) is 6.11. The van der Waals surface area contributed by atoms with Gasteiger partial charge in [0, 0.05) is 12.1 Å². The van der Waals surface area contributed by atoms with E-state index in [4.69, 9.17) is 16.3 Å². The summed E-state index contributed by atoms with van der Waals surface area (Å²) in [5.41, 5.74) is 3.10. The van der Waals surface area contributed by atoms with Gasteiger partial charge in [0.25, 0.3) is 5.91 Å². The van der Waals surface area contributed by atoms with E-state index >= 15 is 0 Å². The Bertz CT molecular complexity index is 768. The zero-order valence-electron chi connectivity index (χ0n) is 15.7. The van der Waals surface area contributed by atoms with Gasteiger partial charge in [0.2, 0.25) is 0 Å². The minimum atomic E-state index is -0.228. The molecule has 0 spiro atoms. The monoisotopic (exact) mass is 363 g/mol. The topological polar surface area (TPSA) is 56.1 Å². The molecule has 1 N–H and O–H groups in total. The van der Waals surface area contributed by atoms with Gasteiger partial charge in [-0.2, -0.15) is 5.10 Å². The molecule has 0 aliphatic carbocycles. The van der Waals surface area contributed by atoms with Gasteiger partial charge >= 0.3 is 0 Å². The minimum Gasteiger partial charge on any atom is -0.496 e. The molecule has 1 heterocycles. The summed E-state index contributed by atoms with van der Waals surface area (Å²) in [6.45, 7) is 10.6. The number of carbonyl (C=O) groups is 1. The number of carbonyl (C=O) groups excluding carboxylic acids is 1. The van der Waals surface area contributed by atoms with E-state index in [0.29, 0.717) is 28.9 Å². The van der Waals surface area contributed by atoms with Gasteiger partial charge in [0.15, 0.2) is 0 Å². The van der Waals surface area contributed by atoms with E-state index in [-0.39, 0.29) is 11.9 Å². The van der Waals surface area contributed by atoms with Crippen molar-refractivity contribution >= 4 is 17.5 Å². The van der Waals surface area contributed by atoms with Gasteiger partial charge in [0.05, 0.1) is 24.4 Å². The van der Waals surface area contributed by atoms with Crippen molar-refractivity contribution in [1.82, 2.24) is 15.1 Å². The van der Waals surface area contributed by atoms with E-state index in [1.165, 1.54) is 0 Å². The van der Waals surface area contributed by atoms with Gasteiger partial charge in [-0.1, -0.05) is 43.1 Å². The van der Waals surface area contributed by atoms with Crippen molar-refractivity contribution in [2.24, 2.45) is 5.92 Å². The molecular weight excluding hydrogens is 338 g/mol. The molecule has 2 aromatic rings. The average molecular weight is 364 g/mol. The molecule has 0 radical (unpaired) electrons. The molecule has 0 aliphatic rings. The molecule has 0 saturated carbocycles. The Morgan fingerprint density at radius 3 is 2.60 bits per heavy atom. The van der Waals surface area contributed by atoms with Gasteiger partial charge in [0.1, 0.15) is 10.9 Å². The number of nitrogens with zero attached hydrogens (tertiary/aromatic N) is 2. The molecule has 5 nitrogen and oxygen atoms in total. The van der Waals surface area contributed by atoms with Crippen LogP contribution in [0.25, 0.3) is 0 Å². The lowest BCUT2D eigenvalue weighted by Gasteiger charge is -2.18. The van der Waals surface area contributed by atoms with Crippen LogP contribution in [0.5, 0.6) is 5.75 Å². The van der Waals surface area contributed by atoms with Crippen molar-refractivity contribution in [1.29, 1.82) is 0 Å². The van der Waals surface area contributed by atoms with E-state index in [1.807, 2.05) is 32.0 Å². The summed E-state index contributed by atoms with van der Waals surface area (Å²) in [5, 5.41) is 7.79. The van der Waals surface area contributed by atoms with Crippen LogP contribution in [-0.2, 0) is 6.54 Å². The van der Waals surface area contributed by atoms with Crippen LogP contribution in [-0.4, -0.2) is 22.8 Å². The Balaban J connectivity index is 2.25. The van der Waals surface area contributed by atoms with Crippen LogP contribution in [0.2, 0.25) is 5.15 Å². The molecule has 25 heavy (non-hydrogen) atoms. The first-order chi connectivity index (χ1) is 11.7. The number of amides is 1. The predicted molar refractivity (Wildman–Crippen MR) is 100 cm³/mol. The standard InChI is InChI=1S/C19H26ClN3O2/c1-11(2)10-23-18(20)17(14(5)22-23)19(24)21-13(4)15-9-12(3)7-8-16(15)25-6/h7-9,11,13H,10H2,1-6H3,(H,21,24). The largest absolute Gasteiger partial charge is 0.496 e. The fraction of sp³-hybridized carbons (Fsp3) is 0.474. The number of ether oxygens (including phenoxy) is 1. The third kappa shape index (κ3) is 4.34. The number of benzene rings is 1. The van der Waals surface area contributed by atoms with E-state index in [0.717, 1.165) is 16.9 Å². The first kappa shape index (κ1) is 19.3. The van der Waals surface area contributed by atoms with Gasteiger partial charge in [-0.15, -0.1) is 0 Å². The quantitative estimate of drug-likeness (QED) is 0.832. The zero-order chi connectivity index (χ0) is 18.7. The fourth-order valence-electron chi connectivity index (χ4n) is 2.82. The van der Waals surface area contributed by atoms with Crippen LogP contribution in [0.4, 0.5) is 0 Å². The third-order valence-corrected chi connectivity index (χ3v) is 4.41. The number of nitrogens with one attached hydrogen (secondary N) is 1. The normalized spacial score (nSPS) is 12.3. The number of hydrogen-bond acceptors (Lipinski definition) is 3. The van der Waals surface area contributed by atoms with Crippen LogP contribution >= 0.6 is 11.6 Å². The van der Waals surface area contributed by atoms with Crippen LogP contribution in [0.15, 0.2) is 18.2 Å². The summed E-state index contributed by atoms with van der Waals surface area (Å²) in [4.78, 5) is 12.8. The number of methoxy groups -OCH3 is 1. The van der Waals surface area contributed by atoms with Crippen LogP contribution in [0, 0.1) is 19.8 Å². The summed E-state index contributed by atoms with van der Waals surface area (Å²) in [6.07, 6.45) is 0. The summed E-state index contributed by atoms with van der Waals surface area (Å²) in [7, 11) is 1.62. The van der Waals surface area contributed by atoms with E-state index in [2.05, 4.69) is 24.3 Å². The molecule has 0 saturated heterocycles. The first-order valence-corrected chi connectivity index (χ1v) is 8.80. The highest BCUT2D eigenvalue weighted by atomic mass is 35.5. The van der Waals surface area contributed by atoms with Crippen molar-refractivity contribution in [3.8, 4) is 5.75 Å². The first-order valence-electron chi connectivity index (χ1n) is 8.42. The second-order valence-electron chi connectivity index (χ2n) is 6.77. The molecule has 1 amide bonds. The summed E-state index contributed by atoms with van der Waals surface area (Å²) >= 11 is 6.40. The lowest BCUT2D eigenvalue weighted by Crippen LogP contribution is -2.27. The van der Waals surface area contributed by atoms with Crippen LogP contribution in [0.3, 0.4) is 0 Å². The number of aryl methyl sites for hydroxylation is 2. The van der Waals surface area contributed by atoms with Gasteiger partial charge < -0.3 is 10.1 Å². The smallest absolute Gasteiger partial charge is 0.256 e. The lowest BCUT2D eigenvalue weighted by molar-refractivity contribution is 0.0939. The molecule has 1 aromatic carbocycles. The van der Waals surface area contributed by atoms with Gasteiger partial charge in [-0.25, -0.2) is 0 Å². The zero-order valence-corrected chi connectivity index (χ0v) is 16.4. The SMILES string of the molecule is COc1ccc(C)cc1C(C)NC(=O)c1c(C)nn(CC(C)C)c1Cl. The van der Waals surface area contributed by atoms with Crippen molar-refractivity contribution in [3.63, 3.8) is 0 Å². The summed E-state index contributed by atoms with van der Waals surface area (Å²) in [5.74, 6) is 0.911. The minimum absolute atomic E-state index is 0.216. The second-order valence-corrected chi connectivity index (χ2v) is 7.13. The molecule has 2 rings (SSSR count). The molecule has 136 valence electrons. The number of rotatable bonds is 6. The average Bonchev–Trinajstić information content (AvgIpc) is 2.80. The number of hydrogen-bond donors (Lipinski definition) is 1. The van der Waals surface area contributed by atoms with E-state index < -0.39 is 0 Å². The molecule has 0 bridgehead atoms. The molecular formula is C19H26ClN3O2. The molecule has 1 aromatic heterocycles. The Morgan fingerprint density at radius 1 is 1.32 bits per heavy atom. The Morgan fingerprint density at radius 2 is 2.00 bits per heavy atom. The maximum Gasteiger partial charge on any atom is 0.256 e. The molecule has 1 unspecified atom stereocenters. The van der Waals surface area contributed by atoms with Gasteiger partial charge in [-0.3, -0.25) is 9.48 Å². The van der Waals surface area contributed by atoms with Crippen LogP contribution < -0.4 is 10.1 Å². The number of halogens is 1. The van der Waals surface area contributed by atoms with Crippen molar-refractivity contribution in [3.05, 3.63) is 45.7 Å². The fourth-order valence-corrected chi connectivity index (χ4v) is 3.15. The Hall–Kier alpha value is -2.01. The summed E-state index contributed by atoms with van der Waals surface area (Å²) in [6, 6.07) is 5.69. The van der Waals surface area contributed by atoms with Crippen molar-refractivity contribution in [2.75, 3.05) is 7.11 Å². The molecule has 6 heteroatoms. The third-order valence-electron chi connectivity index (χ3n) is 4.03. The maximum absolute atomic E-state index is 12.8. The molecule has 0 fully saturated rings. The highest BCUT2D eigenvalue weighted by Crippen LogP contribution is 2.27. The highest BCUT2D eigenvalue weighted by molar-refractivity contribution is 6.33. The molecule has 1 atom stereocenters. The van der Waals surface area contributed by atoms with E-state index in [9.17, 15) is 4.79 Å². The molecule has 0 aliphatic heterocycles. The number of aromatic nitrogens is 2. The predicted octanol–water partition coefficient (Wildman–Crippen LogP) is 4.31. The maximum atomic E-state index is 12.8. The van der Waals surface area contributed by atoms with Crippen LogP contribution in [0.1, 0.15) is 54.0 Å². The van der Waals surface area contributed by atoms with E-state index in [1.54, 1.807) is 18.7 Å². The Labute approximate surface area is 154 Å². The highest BCUT2D eigenvalue weighted by Gasteiger charge is 2.23. The van der Waals surface area contributed by atoms with Gasteiger partial charge in [-0.05, 0) is 32.8 Å². The summed E-state index contributed by atoms with van der Waals surface area (Å²) < 4.78 is 7.10.